The Bertz CT molecular complexity index is 1120. The van der Waals surface area contributed by atoms with Crippen LogP contribution in [0.1, 0.15) is 48.9 Å². The van der Waals surface area contributed by atoms with E-state index in [1.54, 1.807) is 18.2 Å². The number of hydrogen-bond acceptors (Lipinski definition) is 4. The van der Waals surface area contributed by atoms with Crippen LogP contribution in [-0.4, -0.2) is 41.1 Å². The molecule has 35 heavy (non-hydrogen) atoms. The number of amides is 1. The molecule has 1 amide bonds. The van der Waals surface area contributed by atoms with Crippen molar-refractivity contribution in [3.63, 3.8) is 0 Å². The Hall–Kier alpha value is -2.31. The maximum Gasteiger partial charge on any atom is 0.416 e. The Kier molecular flexibility index (Phi) is 8.71. The van der Waals surface area contributed by atoms with Gasteiger partial charge in [-0.3, -0.25) is 4.79 Å². The summed E-state index contributed by atoms with van der Waals surface area (Å²) >= 11 is 12.2. The van der Waals surface area contributed by atoms with Crippen molar-refractivity contribution in [2.45, 2.75) is 58.0 Å². The lowest BCUT2D eigenvalue weighted by molar-refractivity contribution is -0.138. The number of benzene rings is 2. The first kappa shape index (κ1) is 27.3. The largest absolute Gasteiger partial charge is 0.416 e. The van der Waals surface area contributed by atoms with E-state index >= 15 is 0 Å². The first-order valence-electron chi connectivity index (χ1n) is 11.3. The summed E-state index contributed by atoms with van der Waals surface area (Å²) in [5, 5.41) is 20.0. The smallest absolute Gasteiger partial charge is 0.392 e. The van der Waals surface area contributed by atoms with E-state index in [1.807, 2.05) is 13.8 Å². The Morgan fingerprint density at radius 3 is 2.31 bits per heavy atom. The average Bonchev–Trinajstić information content (AvgIpc) is 2.78. The number of anilines is 1. The highest BCUT2D eigenvalue weighted by Crippen LogP contribution is 2.41. The summed E-state index contributed by atoms with van der Waals surface area (Å²) in [5.74, 6) is -0.477. The summed E-state index contributed by atoms with van der Waals surface area (Å²) in [5.41, 5.74) is -1.43. The number of alkyl halides is 3. The van der Waals surface area contributed by atoms with Crippen molar-refractivity contribution in [1.82, 2.24) is 4.90 Å². The van der Waals surface area contributed by atoms with E-state index in [0.717, 1.165) is 13.1 Å². The maximum absolute atomic E-state index is 13.8. The SMILES string of the molecule is CCN(CC)C1CC(N(C(=O)Cc2ccc(Cl)cc2Cl)c2cc(C#N)cc(C(F)(F)F)c2CO)C1. The van der Waals surface area contributed by atoms with Gasteiger partial charge in [-0.25, -0.2) is 0 Å². The first-order chi connectivity index (χ1) is 16.5. The predicted molar refractivity (Wildman–Crippen MR) is 129 cm³/mol. The summed E-state index contributed by atoms with van der Waals surface area (Å²) in [6, 6.07) is 8.16. The van der Waals surface area contributed by atoms with Crippen LogP contribution in [0.3, 0.4) is 0 Å². The molecule has 0 atom stereocenters. The fraction of sp³-hybridized carbons (Fsp3) is 0.440. The summed E-state index contributed by atoms with van der Waals surface area (Å²) < 4.78 is 41.5. The van der Waals surface area contributed by atoms with Crippen LogP contribution in [0.4, 0.5) is 18.9 Å². The summed E-state index contributed by atoms with van der Waals surface area (Å²) in [6.45, 7) is 4.74. The fourth-order valence-corrected chi connectivity index (χ4v) is 5.09. The van der Waals surface area contributed by atoms with E-state index in [2.05, 4.69) is 4.90 Å². The highest BCUT2D eigenvalue weighted by atomic mass is 35.5. The van der Waals surface area contributed by atoms with Gasteiger partial charge in [0.15, 0.2) is 0 Å². The van der Waals surface area contributed by atoms with E-state index in [9.17, 15) is 28.3 Å². The molecule has 0 spiro atoms. The molecule has 0 aromatic heterocycles. The number of nitrogens with zero attached hydrogens (tertiary/aromatic N) is 3. The highest BCUT2D eigenvalue weighted by molar-refractivity contribution is 6.35. The zero-order chi connectivity index (χ0) is 25.9. The summed E-state index contributed by atoms with van der Waals surface area (Å²) in [7, 11) is 0. The zero-order valence-electron chi connectivity index (χ0n) is 19.4. The predicted octanol–water partition coefficient (Wildman–Crippen LogP) is 5.82. The average molecular weight is 528 g/mol. The Labute approximate surface area is 212 Å². The van der Waals surface area contributed by atoms with Gasteiger partial charge in [0.1, 0.15) is 0 Å². The molecule has 188 valence electrons. The number of aliphatic hydroxyl groups excluding tert-OH is 1. The lowest BCUT2D eigenvalue weighted by atomic mass is 9.83. The Morgan fingerprint density at radius 2 is 1.80 bits per heavy atom. The van der Waals surface area contributed by atoms with Gasteiger partial charge >= 0.3 is 6.18 Å². The van der Waals surface area contributed by atoms with Crippen LogP contribution in [0.2, 0.25) is 10.0 Å². The molecule has 0 radical (unpaired) electrons. The minimum atomic E-state index is -4.81. The molecular formula is C25H26Cl2F3N3O2. The van der Waals surface area contributed by atoms with E-state index in [4.69, 9.17) is 23.2 Å². The standard InChI is InChI=1S/C25H26Cl2F3N3O2/c1-3-32(4-2)18-11-19(12-18)33(24(35)9-16-5-6-17(26)10-22(16)27)23-8-15(13-31)7-21(20(23)14-34)25(28,29)30/h5-8,10,18-19,34H,3-4,9,11-12,14H2,1-2H3. The van der Waals surface area contributed by atoms with Crippen molar-refractivity contribution in [2.75, 3.05) is 18.0 Å². The van der Waals surface area contributed by atoms with E-state index in [-0.39, 0.29) is 34.8 Å². The third kappa shape index (κ3) is 5.92. The molecule has 2 aromatic rings. The second-order valence-electron chi connectivity index (χ2n) is 8.47. The van der Waals surface area contributed by atoms with Crippen molar-refractivity contribution in [2.24, 2.45) is 0 Å². The van der Waals surface area contributed by atoms with Crippen molar-refractivity contribution in [1.29, 1.82) is 5.26 Å². The molecule has 10 heteroatoms. The number of halogens is 5. The molecule has 2 aromatic carbocycles. The molecule has 5 nitrogen and oxygen atoms in total. The number of nitriles is 1. The molecule has 0 heterocycles. The number of rotatable bonds is 8. The van der Waals surface area contributed by atoms with Crippen LogP contribution in [-0.2, 0) is 24.0 Å². The van der Waals surface area contributed by atoms with Gasteiger partial charge in [0.05, 0.1) is 35.9 Å². The number of carbonyl (C=O) groups excluding carboxylic acids is 1. The minimum absolute atomic E-state index is 0.100. The molecule has 1 fully saturated rings. The van der Waals surface area contributed by atoms with Crippen molar-refractivity contribution in [3.8, 4) is 6.07 Å². The second-order valence-corrected chi connectivity index (χ2v) is 9.31. The molecule has 0 saturated heterocycles. The molecule has 1 aliphatic rings. The van der Waals surface area contributed by atoms with Crippen LogP contribution in [0.25, 0.3) is 0 Å². The molecule has 1 aliphatic carbocycles. The van der Waals surface area contributed by atoms with Gasteiger partial charge in [-0.2, -0.15) is 18.4 Å². The Morgan fingerprint density at radius 1 is 1.14 bits per heavy atom. The van der Waals surface area contributed by atoms with Crippen LogP contribution in [0.5, 0.6) is 0 Å². The lowest BCUT2D eigenvalue weighted by Gasteiger charge is -2.47. The molecular weight excluding hydrogens is 502 g/mol. The van der Waals surface area contributed by atoms with Crippen LogP contribution < -0.4 is 4.90 Å². The third-order valence-corrected chi connectivity index (χ3v) is 7.07. The monoisotopic (exact) mass is 527 g/mol. The highest BCUT2D eigenvalue weighted by Gasteiger charge is 2.42. The van der Waals surface area contributed by atoms with Crippen LogP contribution in [0, 0.1) is 11.3 Å². The molecule has 1 N–H and O–H groups in total. The zero-order valence-corrected chi connectivity index (χ0v) is 20.9. The lowest BCUT2D eigenvalue weighted by Crippen LogP contribution is -2.56. The molecule has 0 unspecified atom stereocenters. The number of aliphatic hydroxyl groups is 1. The van der Waals surface area contributed by atoms with Gasteiger partial charge < -0.3 is 14.9 Å². The van der Waals surface area contributed by atoms with Gasteiger partial charge in [-0.1, -0.05) is 43.1 Å². The van der Waals surface area contributed by atoms with E-state index in [1.165, 1.54) is 17.0 Å². The Balaban J connectivity index is 2.08. The summed E-state index contributed by atoms with van der Waals surface area (Å²) in [6.07, 6.45) is -3.86. The first-order valence-corrected chi connectivity index (χ1v) is 12.0. The topological polar surface area (TPSA) is 67.6 Å². The second kappa shape index (κ2) is 11.2. The minimum Gasteiger partial charge on any atom is -0.392 e. The molecule has 1 saturated carbocycles. The van der Waals surface area contributed by atoms with E-state index in [0.29, 0.717) is 29.5 Å². The van der Waals surface area contributed by atoms with Gasteiger partial charge in [0.2, 0.25) is 5.91 Å². The van der Waals surface area contributed by atoms with E-state index < -0.39 is 29.8 Å². The normalized spacial score (nSPS) is 17.7. The fourth-order valence-electron chi connectivity index (χ4n) is 4.61. The van der Waals surface area contributed by atoms with Crippen LogP contribution >= 0.6 is 23.2 Å². The van der Waals surface area contributed by atoms with Gasteiger partial charge in [0.25, 0.3) is 0 Å². The van der Waals surface area contributed by atoms with Crippen molar-refractivity contribution >= 4 is 34.8 Å². The van der Waals surface area contributed by atoms with Gasteiger partial charge in [-0.15, -0.1) is 0 Å². The number of hydrogen-bond donors (Lipinski definition) is 1. The maximum atomic E-state index is 13.8. The molecule has 0 aliphatic heterocycles. The quantitative estimate of drug-likeness (QED) is 0.469. The van der Waals surface area contributed by atoms with Crippen LogP contribution in [0.15, 0.2) is 30.3 Å². The van der Waals surface area contributed by atoms with Gasteiger partial charge in [-0.05, 0) is 55.8 Å². The third-order valence-electron chi connectivity index (χ3n) is 6.49. The molecule has 3 rings (SSSR count). The van der Waals surface area contributed by atoms with Gasteiger partial charge in [0, 0.05) is 27.7 Å². The number of carbonyl (C=O) groups is 1. The van der Waals surface area contributed by atoms with Crippen molar-refractivity contribution in [3.05, 3.63) is 62.6 Å². The van der Waals surface area contributed by atoms with Crippen molar-refractivity contribution < 1.29 is 23.1 Å². The molecule has 0 bridgehead atoms. The summed E-state index contributed by atoms with van der Waals surface area (Å²) in [4.78, 5) is 17.1.